The van der Waals surface area contributed by atoms with Gasteiger partial charge in [0, 0.05) is 0 Å². The molecule has 32 nitrogen and oxygen atoms in total. The number of hydrogen-bond donors (Lipinski definition) is 0. The van der Waals surface area contributed by atoms with Crippen LogP contribution in [0.5, 0.6) is 0 Å². The third-order valence-electron chi connectivity index (χ3n) is 8.67. The highest BCUT2D eigenvalue weighted by molar-refractivity contribution is 6.99. The summed E-state index contributed by atoms with van der Waals surface area (Å²) in [7, 11) is -72.2. The fourth-order valence-electron chi connectivity index (χ4n) is 6.63. The first-order valence-electron chi connectivity index (χ1n) is 24.2. The van der Waals surface area contributed by atoms with E-state index < -0.39 is 232 Å². The second kappa shape index (κ2) is 28.0. The van der Waals surface area contributed by atoms with E-state index in [0.29, 0.717) is 10.5 Å². The molecule has 8 saturated heterocycles. The van der Waals surface area contributed by atoms with Crippen LogP contribution in [0.3, 0.4) is 0 Å². The van der Waals surface area contributed by atoms with Crippen LogP contribution in [0.25, 0.3) is 0 Å². The van der Waals surface area contributed by atoms with Crippen molar-refractivity contribution in [2.75, 3.05) is 0 Å². The second-order valence-corrected chi connectivity index (χ2v) is 83.1. The van der Waals surface area contributed by atoms with E-state index in [1.54, 1.807) is 0 Å². The van der Waals surface area contributed by atoms with Gasteiger partial charge in [-0.15, -0.1) is 0 Å². The molecular formula is C17H74O32Si26. The van der Waals surface area contributed by atoms with Crippen LogP contribution in [0.2, 0.25) is 111 Å². The fourth-order valence-corrected chi connectivity index (χ4v) is 93.3. The molecule has 0 radical (unpaired) electrons. The molecule has 0 N–H and O–H groups in total. The van der Waals surface area contributed by atoms with Crippen molar-refractivity contribution in [3.05, 3.63) is 0 Å². The Morgan fingerprint density at radius 1 is 0.400 bits per heavy atom. The first kappa shape index (κ1) is 66.9. The first-order valence-corrected chi connectivity index (χ1v) is 72.7. The van der Waals surface area contributed by atoms with E-state index in [2.05, 4.69) is 0 Å². The molecule has 8 aliphatic rings. The Morgan fingerprint density at radius 3 is 1.12 bits per heavy atom. The summed E-state index contributed by atoms with van der Waals surface area (Å²) in [6.07, 6.45) is 0. The SMILES string of the molecule is C[SiH](C)O[SiH2]O[Si]1(O[SiH](C)C)O[Si]2(O[SiH](C)C)O[Si]3(O[SiH](C)C)O[SiH2]O[Si]4(O[SiH](C)C)O[Si](O[SiH](C)C)(O3)O[Si](O[SiH](C)C)(O2)O[Si](O[Si](C)(C)C)(O1)O4.[SiH3]O[SiH]1O[SiH]2O[SiH]3O[SiH2]O[SiH]4O[SiH](O1)O[SiH](O2)O[SiH](O3)O4. The molecule has 8 rings (SSSR count). The van der Waals surface area contributed by atoms with Gasteiger partial charge in [-0.05, 0) is 111 Å². The molecule has 75 heavy (non-hydrogen) atoms. The van der Waals surface area contributed by atoms with Gasteiger partial charge < -0.3 is 132 Å². The monoisotopic (exact) mass is 1520 g/mol. The van der Waals surface area contributed by atoms with Gasteiger partial charge in [0.1, 0.15) is 10.5 Å². The van der Waals surface area contributed by atoms with Crippen LogP contribution in [0.4, 0.5) is 0 Å². The standard InChI is InChI=1S/C17H62O20Si17.H12O12Si9/c1-40(2)18-38-19-48(22-41(3)4)29-51(25-44(9)10)30-49(23-42(5)6)20-39-21-50(24-43(7)8)32-52(31-49,26-45(11)12)36-53(35-51,27-46(13)14)37-54(33-48,34-50)28-47(15,16)17;13-1-15-4-18-6-16-2-14-3-17-7-19(5-15)11-21(10-18)12-20(8-16)9-17/h40-46H,38-39H2,1-17H3;15-21H,14H2,13H3. The summed E-state index contributed by atoms with van der Waals surface area (Å²) in [4.78, 5) is 0. The van der Waals surface area contributed by atoms with Crippen molar-refractivity contribution in [3.8, 4) is 0 Å². The molecular weight excluding hydrogens is 1450 g/mol. The van der Waals surface area contributed by atoms with Crippen molar-refractivity contribution in [1.29, 1.82) is 0 Å². The molecule has 438 valence electrons. The molecule has 8 heterocycles. The predicted molar refractivity (Wildman–Crippen MR) is 316 cm³/mol. The predicted octanol–water partition coefficient (Wildman–Crippen LogP) is -8.32. The lowest BCUT2D eigenvalue weighted by molar-refractivity contribution is -0.0940. The minimum atomic E-state index is -4.85. The van der Waals surface area contributed by atoms with Crippen molar-refractivity contribution in [1.82, 2.24) is 0 Å². The Balaban J connectivity index is 0.000000320. The van der Waals surface area contributed by atoms with Crippen molar-refractivity contribution in [2.24, 2.45) is 0 Å². The summed E-state index contributed by atoms with van der Waals surface area (Å²) < 4.78 is 206. The third kappa shape index (κ3) is 19.4. The van der Waals surface area contributed by atoms with Gasteiger partial charge in [0.25, 0.3) is 30.0 Å². The van der Waals surface area contributed by atoms with Gasteiger partial charge in [-0.25, -0.2) is 0 Å². The molecule has 8 aliphatic heterocycles. The van der Waals surface area contributed by atoms with Crippen LogP contribution < -0.4 is 0 Å². The van der Waals surface area contributed by atoms with Crippen LogP contribution in [0, 0.1) is 0 Å². The quantitative estimate of drug-likeness (QED) is 0.109. The van der Waals surface area contributed by atoms with Crippen LogP contribution in [-0.4, -0.2) is 242 Å². The average Bonchev–Trinajstić information content (AvgIpc) is 3.14. The smallest absolute Gasteiger partial charge is 0.444 e. The van der Waals surface area contributed by atoms with E-state index in [-0.39, 0.29) is 0 Å². The van der Waals surface area contributed by atoms with Crippen LogP contribution in [-0.2, 0) is 132 Å². The molecule has 11 atom stereocenters. The molecule has 0 saturated carbocycles. The molecule has 0 spiro atoms. The molecule has 8 fully saturated rings. The molecule has 0 aromatic heterocycles. The van der Waals surface area contributed by atoms with Gasteiger partial charge >= 0.3 is 130 Å². The topological polar surface area (TPSA) is 295 Å². The van der Waals surface area contributed by atoms with Crippen molar-refractivity contribution in [2.45, 2.75) is 111 Å². The summed E-state index contributed by atoms with van der Waals surface area (Å²) in [5.41, 5.74) is 0. The molecule has 0 amide bonds. The summed E-state index contributed by atoms with van der Waals surface area (Å²) >= 11 is 0. The van der Waals surface area contributed by atoms with E-state index in [1.807, 2.05) is 111 Å². The van der Waals surface area contributed by atoms with E-state index in [1.165, 1.54) is 0 Å². The van der Waals surface area contributed by atoms with Crippen LogP contribution >= 0.6 is 0 Å². The van der Waals surface area contributed by atoms with Crippen LogP contribution in [0.15, 0.2) is 0 Å². The summed E-state index contributed by atoms with van der Waals surface area (Å²) in [5, 5.41) is 0. The zero-order chi connectivity index (χ0) is 54.8. The summed E-state index contributed by atoms with van der Waals surface area (Å²) in [6.45, 7) is 33.3. The van der Waals surface area contributed by atoms with E-state index in [9.17, 15) is 0 Å². The zero-order valence-corrected chi connectivity index (χ0v) is 75.7. The molecule has 0 aromatic carbocycles. The maximum Gasteiger partial charge on any atom is 0.651 e. The largest absolute Gasteiger partial charge is 0.651 e. The lowest BCUT2D eigenvalue weighted by atomic mass is 11.8. The normalized spacial score (nSPS) is 42.2. The minimum Gasteiger partial charge on any atom is -0.444 e. The number of rotatable bonds is 19. The second-order valence-electron chi connectivity index (χ2n) is 19.4. The molecule has 0 aromatic rings. The Morgan fingerprint density at radius 2 is 0.733 bits per heavy atom. The highest BCUT2D eigenvalue weighted by Gasteiger charge is 2.86. The van der Waals surface area contributed by atoms with Gasteiger partial charge in [-0.2, -0.15) is 0 Å². The fraction of sp³-hybridized carbons (Fsp3) is 1.00. The maximum absolute atomic E-state index is 7.18. The Kier molecular flexibility index (Phi) is 25.0. The third-order valence-corrected chi connectivity index (χ3v) is 78.0. The zero-order valence-electron chi connectivity index (χ0n) is 45.3. The van der Waals surface area contributed by atoms with Crippen molar-refractivity contribution >= 4 is 242 Å². The Labute approximate surface area is 481 Å². The van der Waals surface area contributed by atoms with E-state index in [4.69, 9.17) is 132 Å². The maximum atomic E-state index is 7.18. The van der Waals surface area contributed by atoms with Crippen molar-refractivity contribution in [3.63, 3.8) is 0 Å². The summed E-state index contributed by atoms with van der Waals surface area (Å²) in [5.74, 6) is 0. The summed E-state index contributed by atoms with van der Waals surface area (Å²) in [6, 6.07) is 0. The lowest BCUT2D eigenvalue weighted by Gasteiger charge is -2.56. The van der Waals surface area contributed by atoms with Gasteiger partial charge in [0.05, 0.1) is 0 Å². The number of fused-ring (bicyclic) bond motifs is 8. The highest BCUT2D eigenvalue weighted by atomic mass is 28.7. The number of hydrogen-bond acceptors (Lipinski definition) is 32. The van der Waals surface area contributed by atoms with Gasteiger partial charge in [0.15, 0.2) is 71.6 Å². The average molecular weight is 1520 g/mol. The molecule has 12 bridgehead atoms. The van der Waals surface area contributed by atoms with E-state index in [0.717, 1.165) is 0 Å². The van der Waals surface area contributed by atoms with Gasteiger partial charge in [-0.3, -0.25) is 0 Å². The first-order chi connectivity index (χ1) is 35.0. The minimum absolute atomic E-state index is 0.467. The lowest BCUT2D eigenvalue weighted by Crippen LogP contribution is -2.87. The van der Waals surface area contributed by atoms with Gasteiger partial charge in [-0.1, -0.05) is 0 Å². The van der Waals surface area contributed by atoms with Crippen molar-refractivity contribution < 1.29 is 132 Å². The Hall–Kier alpha value is 4.36. The molecule has 58 heteroatoms. The van der Waals surface area contributed by atoms with Crippen LogP contribution in [0.1, 0.15) is 0 Å². The van der Waals surface area contributed by atoms with E-state index >= 15 is 0 Å². The molecule has 11 unspecified atom stereocenters. The highest BCUT2D eigenvalue weighted by Crippen LogP contribution is 2.47. The van der Waals surface area contributed by atoms with Gasteiger partial charge in [0.2, 0.25) is 0 Å². The molecule has 0 aliphatic carbocycles. The Bertz CT molecular complexity index is 1800.